The van der Waals surface area contributed by atoms with Crippen LogP contribution in [0.25, 0.3) is 0 Å². The van der Waals surface area contributed by atoms with Gasteiger partial charge in [-0.15, -0.1) is 0 Å². The molecule has 0 aliphatic heterocycles. The van der Waals surface area contributed by atoms with Crippen LogP contribution in [0.3, 0.4) is 0 Å². The largest absolute Gasteiger partial charge is 0.0949 e. The van der Waals surface area contributed by atoms with Gasteiger partial charge in [-0.1, -0.05) is 24.8 Å². The molecule has 0 atom stereocenters. The van der Waals surface area contributed by atoms with Gasteiger partial charge < -0.3 is 0 Å². The quantitative estimate of drug-likeness (QED) is 0.506. The third kappa shape index (κ3) is 0.911. The van der Waals surface area contributed by atoms with Crippen LogP contribution in [0.2, 0.25) is 0 Å². The van der Waals surface area contributed by atoms with Gasteiger partial charge in [0.05, 0.1) is 0 Å². The Morgan fingerprint density at radius 2 is 2.00 bits per heavy atom. The van der Waals surface area contributed by atoms with Gasteiger partial charge in [0.15, 0.2) is 0 Å². The van der Waals surface area contributed by atoms with E-state index in [2.05, 4.69) is 26.2 Å². The van der Waals surface area contributed by atoms with Gasteiger partial charge in [0.25, 0.3) is 0 Å². The van der Waals surface area contributed by atoms with E-state index in [1.165, 1.54) is 40.7 Å². The van der Waals surface area contributed by atoms with Crippen LogP contribution in [0.5, 0.6) is 0 Å². The van der Waals surface area contributed by atoms with Crippen molar-refractivity contribution in [2.75, 3.05) is 0 Å². The second-order valence-electron chi connectivity index (χ2n) is 3.64. The van der Waals surface area contributed by atoms with Crippen molar-refractivity contribution >= 4 is 0 Å². The van der Waals surface area contributed by atoms with Gasteiger partial charge >= 0.3 is 0 Å². The highest BCUT2D eigenvalue weighted by Gasteiger charge is 2.23. The lowest BCUT2D eigenvalue weighted by atomic mass is 9.93. The number of allylic oxidation sites excluding steroid dienone is 6. The van der Waals surface area contributed by atoms with E-state index < -0.39 is 0 Å². The van der Waals surface area contributed by atoms with Crippen LogP contribution >= 0.6 is 0 Å². The van der Waals surface area contributed by atoms with Gasteiger partial charge in [0, 0.05) is 0 Å². The average Bonchev–Trinajstić information content (AvgIpc) is 2.32. The zero-order chi connectivity index (χ0) is 8.72. The summed E-state index contributed by atoms with van der Waals surface area (Å²) in [5, 5.41) is 0. The zero-order valence-corrected chi connectivity index (χ0v) is 7.61. The first kappa shape index (κ1) is 7.60. The third-order valence-electron chi connectivity index (χ3n) is 2.87. The zero-order valence-electron chi connectivity index (χ0n) is 7.61. The summed E-state index contributed by atoms with van der Waals surface area (Å²) in [6.07, 6.45) is 5.71. The Morgan fingerprint density at radius 1 is 1.25 bits per heavy atom. The Hall–Kier alpha value is -1.04. The predicted octanol–water partition coefficient (Wildman–Crippen LogP) is 3.54. The molecule has 0 bridgehead atoms. The van der Waals surface area contributed by atoms with Gasteiger partial charge in [-0.25, -0.2) is 0 Å². The summed E-state index contributed by atoms with van der Waals surface area (Å²) in [4.78, 5) is 0. The van der Waals surface area contributed by atoms with Crippen molar-refractivity contribution in [3.8, 4) is 0 Å². The lowest BCUT2D eigenvalue weighted by Crippen LogP contribution is -1.93. The molecule has 62 valence electrons. The minimum absolute atomic E-state index is 1.04. The van der Waals surface area contributed by atoms with E-state index in [0.717, 1.165) is 6.42 Å². The van der Waals surface area contributed by atoms with Crippen LogP contribution in [-0.2, 0) is 0 Å². The fraction of sp³-hybridized carbons (Fsp3) is 0.333. The number of hydrogen-bond donors (Lipinski definition) is 0. The molecule has 0 heteroatoms. The lowest BCUT2D eigenvalue weighted by Gasteiger charge is -2.12. The van der Waals surface area contributed by atoms with E-state index in [0.29, 0.717) is 0 Å². The minimum Gasteiger partial charge on any atom is -0.0949 e. The molecule has 0 aromatic rings. The van der Waals surface area contributed by atoms with Crippen LogP contribution in [0.15, 0.2) is 47.1 Å². The summed E-state index contributed by atoms with van der Waals surface area (Å²) < 4.78 is 0. The van der Waals surface area contributed by atoms with Crippen LogP contribution < -0.4 is 0 Å². The maximum atomic E-state index is 4.07. The second-order valence-corrected chi connectivity index (χ2v) is 3.64. The van der Waals surface area contributed by atoms with Crippen molar-refractivity contribution in [1.82, 2.24) is 0 Å². The van der Waals surface area contributed by atoms with E-state index in [1.807, 2.05) is 0 Å². The van der Waals surface area contributed by atoms with E-state index in [-0.39, 0.29) is 0 Å². The molecule has 0 fully saturated rings. The van der Waals surface area contributed by atoms with Crippen LogP contribution in [0.1, 0.15) is 26.2 Å². The topological polar surface area (TPSA) is 0 Å². The maximum Gasteiger partial charge on any atom is -0.00204 e. The highest BCUT2D eigenvalue weighted by Crippen LogP contribution is 2.42. The molecule has 2 aliphatic carbocycles. The standard InChI is InChI=1S/C12H14/c1-8-5-4-6-11-10(3)9(2)7-12(8)11/h5H,2-4,6-7H2,1H3. The summed E-state index contributed by atoms with van der Waals surface area (Å²) in [7, 11) is 0. The minimum atomic E-state index is 1.04. The summed E-state index contributed by atoms with van der Waals surface area (Å²) in [6.45, 7) is 10.3. The molecule has 0 spiro atoms. The average molecular weight is 158 g/mol. The lowest BCUT2D eigenvalue weighted by molar-refractivity contribution is 0.946. The fourth-order valence-corrected chi connectivity index (χ4v) is 2.06. The molecule has 2 aliphatic rings. The molecular weight excluding hydrogens is 144 g/mol. The molecule has 2 rings (SSSR count). The molecular formula is C12H14. The molecule has 0 N–H and O–H groups in total. The van der Waals surface area contributed by atoms with Crippen LogP contribution in [0.4, 0.5) is 0 Å². The van der Waals surface area contributed by atoms with Gasteiger partial charge in [0.2, 0.25) is 0 Å². The summed E-state index contributed by atoms with van der Waals surface area (Å²) in [5.41, 5.74) is 6.83. The maximum absolute atomic E-state index is 4.07. The van der Waals surface area contributed by atoms with Crippen molar-refractivity contribution in [2.45, 2.75) is 26.2 Å². The van der Waals surface area contributed by atoms with Gasteiger partial charge in [0.1, 0.15) is 0 Å². The molecule has 0 radical (unpaired) electrons. The molecule has 0 aromatic carbocycles. The van der Waals surface area contributed by atoms with E-state index in [4.69, 9.17) is 0 Å². The normalized spacial score (nSPS) is 22.9. The Kier molecular flexibility index (Phi) is 1.57. The third-order valence-corrected chi connectivity index (χ3v) is 2.87. The molecule has 12 heavy (non-hydrogen) atoms. The molecule has 0 heterocycles. The number of rotatable bonds is 0. The summed E-state index contributed by atoms with van der Waals surface area (Å²) in [6, 6.07) is 0. The fourth-order valence-electron chi connectivity index (χ4n) is 2.06. The molecule has 0 unspecified atom stereocenters. The Bertz CT molecular complexity index is 324. The van der Waals surface area contributed by atoms with Crippen molar-refractivity contribution in [2.24, 2.45) is 0 Å². The molecule has 0 saturated carbocycles. The van der Waals surface area contributed by atoms with Gasteiger partial charge in [-0.05, 0) is 48.5 Å². The summed E-state index contributed by atoms with van der Waals surface area (Å²) in [5.74, 6) is 0. The van der Waals surface area contributed by atoms with Crippen molar-refractivity contribution in [3.63, 3.8) is 0 Å². The monoisotopic (exact) mass is 158 g/mol. The summed E-state index contributed by atoms with van der Waals surface area (Å²) >= 11 is 0. The van der Waals surface area contributed by atoms with Crippen LogP contribution in [0, 0.1) is 0 Å². The first-order valence-corrected chi connectivity index (χ1v) is 4.46. The predicted molar refractivity (Wildman–Crippen MR) is 52.9 cm³/mol. The highest BCUT2D eigenvalue weighted by molar-refractivity contribution is 5.60. The number of hydrogen-bond acceptors (Lipinski definition) is 0. The molecule has 0 nitrogen and oxygen atoms in total. The second kappa shape index (κ2) is 2.48. The Morgan fingerprint density at radius 3 is 2.67 bits per heavy atom. The van der Waals surface area contributed by atoms with Crippen molar-refractivity contribution < 1.29 is 0 Å². The molecule has 0 amide bonds. The Labute approximate surface area is 74.0 Å². The smallest absolute Gasteiger partial charge is 0.00204 e. The van der Waals surface area contributed by atoms with Gasteiger partial charge in [-0.3, -0.25) is 0 Å². The SMILES string of the molecule is C=C1CC2=C(CCC=C2C)C1=C. The first-order chi connectivity index (χ1) is 5.70. The van der Waals surface area contributed by atoms with E-state index in [9.17, 15) is 0 Å². The van der Waals surface area contributed by atoms with Crippen molar-refractivity contribution in [1.29, 1.82) is 0 Å². The van der Waals surface area contributed by atoms with Crippen molar-refractivity contribution in [3.05, 3.63) is 47.1 Å². The molecule has 0 saturated heterocycles. The Balaban J connectivity index is 2.47. The molecule has 0 aromatic heterocycles. The van der Waals surface area contributed by atoms with E-state index in [1.54, 1.807) is 0 Å². The van der Waals surface area contributed by atoms with Crippen LogP contribution in [-0.4, -0.2) is 0 Å². The highest BCUT2D eigenvalue weighted by atomic mass is 14.3. The van der Waals surface area contributed by atoms with Gasteiger partial charge in [-0.2, -0.15) is 0 Å². The van der Waals surface area contributed by atoms with E-state index >= 15 is 0 Å². The first-order valence-electron chi connectivity index (χ1n) is 4.46.